The number of hydrogen-bond acceptors (Lipinski definition) is 3. The highest BCUT2D eigenvalue weighted by Crippen LogP contribution is 2.34. The fourth-order valence-electron chi connectivity index (χ4n) is 2.80. The quantitative estimate of drug-likeness (QED) is 0.863. The minimum Gasteiger partial charge on any atom is -0.494 e. The van der Waals surface area contributed by atoms with Crippen molar-refractivity contribution < 1.29 is 14.3 Å². The summed E-state index contributed by atoms with van der Waals surface area (Å²) >= 11 is 0. The first-order chi connectivity index (χ1) is 10.1. The van der Waals surface area contributed by atoms with Crippen LogP contribution in [0, 0.1) is 5.41 Å². The van der Waals surface area contributed by atoms with E-state index in [2.05, 4.69) is 31.4 Å². The van der Waals surface area contributed by atoms with E-state index in [-0.39, 0.29) is 17.0 Å². The molecule has 0 aliphatic heterocycles. The number of carbonyl (C=O) groups is 1. The van der Waals surface area contributed by atoms with Gasteiger partial charge in [0.1, 0.15) is 17.2 Å². The molecule has 0 aliphatic rings. The minimum atomic E-state index is -0.322. The first-order valence-corrected chi connectivity index (χ1v) is 7.38. The number of methoxy groups -OCH3 is 2. The number of urea groups is 1. The Morgan fingerprint density at radius 1 is 1.05 bits per heavy atom. The SMILES string of the molecule is COc1cccc(OC)c1NC(=O)NC(C)(C)CC(C)(C)C. The number of hydrogen-bond donors (Lipinski definition) is 2. The van der Waals surface area contributed by atoms with Crippen molar-refractivity contribution in [2.75, 3.05) is 19.5 Å². The van der Waals surface area contributed by atoms with E-state index in [1.807, 2.05) is 19.9 Å². The number of anilines is 1. The summed E-state index contributed by atoms with van der Waals surface area (Å²) in [6.07, 6.45) is 0.858. The van der Waals surface area contributed by atoms with Crippen LogP contribution in [0.1, 0.15) is 41.0 Å². The molecule has 2 amide bonds. The average Bonchev–Trinajstić information content (AvgIpc) is 2.35. The summed E-state index contributed by atoms with van der Waals surface area (Å²) in [6.45, 7) is 10.5. The van der Waals surface area contributed by atoms with Crippen LogP contribution in [-0.4, -0.2) is 25.8 Å². The minimum absolute atomic E-state index is 0.124. The van der Waals surface area contributed by atoms with E-state index in [0.717, 1.165) is 6.42 Å². The lowest BCUT2D eigenvalue weighted by Crippen LogP contribution is -2.47. The number of para-hydroxylation sites is 1. The molecule has 0 unspecified atom stereocenters. The van der Waals surface area contributed by atoms with Gasteiger partial charge in [0.25, 0.3) is 0 Å². The summed E-state index contributed by atoms with van der Waals surface area (Å²) in [5, 5.41) is 5.83. The van der Waals surface area contributed by atoms with Gasteiger partial charge in [-0.25, -0.2) is 4.79 Å². The van der Waals surface area contributed by atoms with Crippen LogP contribution in [0.5, 0.6) is 11.5 Å². The van der Waals surface area contributed by atoms with Crippen molar-refractivity contribution in [2.24, 2.45) is 5.41 Å². The first kappa shape index (κ1) is 18.1. The summed E-state index contributed by atoms with van der Waals surface area (Å²) < 4.78 is 10.6. The van der Waals surface area contributed by atoms with E-state index in [4.69, 9.17) is 9.47 Å². The summed E-state index contributed by atoms with van der Waals surface area (Å²) in [4.78, 5) is 12.3. The van der Waals surface area contributed by atoms with E-state index < -0.39 is 0 Å². The highest BCUT2D eigenvalue weighted by Gasteiger charge is 2.27. The van der Waals surface area contributed by atoms with Crippen molar-refractivity contribution in [3.8, 4) is 11.5 Å². The molecule has 5 heteroatoms. The topological polar surface area (TPSA) is 59.6 Å². The molecule has 0 aliphatic carbocycles. The summed E-state index contributed by atoms with van der Waals surface area (Å²) in [6, 6.07) is 5.08. The molecule has 0 atom stereocenters. The van der Waals surface area contributed by atoms with Gasteiger partial charge in [0.2, 0.25) is 0 Å². The van der Waals surface area contributed by atoms with Gasteiger partial charge in [-0.05, 0) is 37.8 Å². The Morgan fingerprint density at radius 2 is 1.55 bits per heavy atom. The molecule has 1 rings (SSSR count). The van der Waals surface area contributed by atoms with Crippen molar-refractivity contribution in [3.63, 3.8) is 0 Å². The molecular weight excluding hydrogens is 280 g/mol. The molecule has 124 valence electrons. The lowest BCUT2D eigenvalue weighted by Gasteiger charge is -2.33. The van der Waals surface area contributed by atoms with Gasteiger partial charge in [0, 0.05) is 5.54 Å². The van der Waals surface area contributed by atoms with Gasteiger partial charge in [0.15, 0.2) is 0 Å². The van der Waals surface area contributed by atoms with Crippen LogP contribution in [0.2, 0.25) is 0 Å². The van der Waals surface area contributed by atoms with E-state index in [1.165, 1.54) is 0 Å². The fraction of sp³-hybridized carbons (Fsp3) is 0.588. The third-order valence-electron chi connectivity index (χ3n) is 3.09. The van der Waals surface area contributed by atoms with Crippen molar-refractivity contribution in [1.29, 1.82) is 0 Å². The van der Waals surface area contributed by atoms with Crippen molar-refractivity contribution in [2.45, 2.75) is 46.6 Å². The summed E-state index contributed by atoms with van der Waals surface area (Å²) in [7, 11) is 3.11. The summed E-state index contributed by atoms with van der Waals surface area (Å²) in [5.74, 6) is 1.12. The molecule has 1 aromatic carbocycles. The standard InChI is InChI=1S/C17H28N2O3/c1-16(2,3)11-17(4,5)19-15(20)18-14-12(21-6)9-8-10-13(14)22-7/h8-10H,11H2,1-7H3,(H2,18,19,20). The van der Waals surface area contributed by atoms with E-state index >= 15 is 0 Å². The molecule has 0 saturated carbocycles. The second-order valence-electron chi connectivity index (χ2n) is 7.24. The molecule has 2 N–H and O–H groups in total. The third-order valence-corrected chi connectivity index (χ3v) is 3.09. The Labute approximate surface area is 133 Å². The van der Waals surface area contributed by atoms with Gasteiger partial charge < -0.3 is 20.1 Å². The Bertz CT molecular complexity index is 497. The molecule has 0 fully saturated rings. The Hall–Kier alpha value is -1.91. The lowest BCUT2D eigenvalue weighted by atomic mass is 9.82. The van der Waals surface area contributed by atoms with E-state index in [0.29, 0.717) is 17.2 Å². The van der Waals surface area contributed by atoms with Crippen molar-refractivity contribution in [1.82, 2.24) is 5.32 Å². The molecule has 0 heterocycles. The highest BCUT2D eigenvalue weighted by atomic mass is 16.5. The van der Waals surface area contributed by atoms with Gasteiger partial charge in [-0.1, -0.05) is 26.8 Å². The fourth-order valence-corrected chi connectivity index (χ4v) is 2.80. The monoisotopic (exact) mass is 308 g/mol. The maximum atomic E-state index is 12.3. The molecular formula is C17H28N2O3. The second kappa shape index (κ2) is 6.90. The zero-order valence-electron chi connectivity index (χ0n) is 14.7. The Morgan fingerprint density at radius 3 is 1.95 bits per heavy atom. The number of ether oxygens (including phenoxy) is 2. The van der Waals surface area contributed by atoms with Gasteiger partial charge in [-0.3, -0.25) is 0 Å². The number of benzene rings is 1. The van der Waals surface area contributed by atoms with Crippen LogP contribution in [0.3, 0.4) is 0 Å². The molecule has 0 saturated heterocycles. The molecule has 1 aromatic rings. The highest BCUT2D eigenvalue weighted by molar-refractivity contribution is 5.93. The second-order valence-corrected chi connectivity index (χ2v) is 7.24. The van der Waals surface area contributed by atoms with E-state index in [9.17, 15) is 4.79 Å². The molecule has 22 heavy (non-hydrogen) atoms. The predicted molar refractivity (Wildman–Crippen MR) is 89.9 cm³/mol. The van der Waals surface area contributed by atoms with Crippen molar-refractivity contribution in [3.05, 3.63) is 18.2 Å². The summed E-state index contributed by atoms with van der Waals surface area (Å²) in [5.41, 5.74) is 0.327. The first-order valence-electron chi connectivity index (χ1n) is 7.38. The van der Waals surface area contributed by atoms with Gasteiger partial charge in [0.05, 0.1) is 14.2 Å². The van der Waals surface area contributed by atoms with Crippen LogP contribution in [0.25, 0.3) is 0 Å². The third kappa shape index (κ3) is 5.47. The van der Waals surface area contributed by atoms with Gasteiger partial charge in [-0.15, -0.1) is 0 Å². The maximum Gasteiger partial charge on any atom is 0.319 e. The molecule has 0 aromatic heterocycles. The Kier molecular flexibility index (Phi) is 5.69. The lowest BCUT2D eigenvalue weighted by molar-refractivity contribution is 0.220. The van der Waals surface area contributed by atoms with Gasteiger partial charge in [-0.2, -0.15) is 0 Å². The Balaban J connectivity index is 2.85. The number of nitrogens with one attached hydrogen (secondary N) is 2. The van der Waals surface area contributed by atoms with Crippen LogP contribution < -0.4 is 20.1 Å². The van der Waals surface area contributed by atoms with Crippen LogP contribution in [0.15, 0.2) is 18.2 Å². The smallest absolute Gasteiger partial charge is 0.319 e. The number of amides is 2. The largest absolute Gasteiger partial charge is 0.494 e. The molecule has 0 spiro atoms. The van der Waals surface area contributed by atoms with Crippen LogP contribution in [-0.2, 0) is 0 Å². The van der Waals surface area contributed by atoms with E-state index in [1.54, 1.807) is 26.4 Å². The number of rotatable bonds is 5. The zero-order chi connectivity index (χ0) is 17.0. The van der Waals surface area contributed by atoms with Crippen LogP contribution in [0.4, 0.5) is 10.5 Å². The number of carbonyl (C=O) groups excluding carboxylic acids is 1. The predicted octanol–water partition coefficient (Wildman–Crippen LogP) is 4.04. The molecule has 0 radical (unpaired) electrons. The zero-order valence-corrected chi connectivity index (χ0v) is 14.7. The van der Waals surface area contributed by atoms with Crippen LogP contribution >= 0.6 is 0 Å². The van der Waals surface area contributed by atoms with Crippen molar-refractivity contribution >= 4 is 11.7 Å². The van der Waals surface area contributed by atoms with Gasteiger partial charge >= 0.3 is 6.03 Å². The maximum absolute atomic E-state index is 12.3. The normalized spacial score (nSPS) is 11.8. The molecule has 0 bridgehead atoms. The molecule has 5 nitrogen and oxygen atoms in total. The average molecular weight is 308 g/mol.